The van der Waals surface area contributed by atoms with Crippen molar-refractivity contribution in [1.29, 1.82) is 0 Å². The lowest BCUT2D eigenvalue weighted by Gasteiger charge is -2.06. The van der Waals surface area contributed by atoms with Crippen LogP contribution in [-0.2, 0) is 4.79 Å². The number of benzene rings is 1. The second-order valence-corrected chi connectivity index (χ2v) is 5.16. The summed E-state index contributed by atoms with van der Waals surface area (Å²) in [6.45, 7) is 1.29. The highest BCUT2D eigenvalue weighted by atomic mass is 35.5. The molecular weight excluding hydrogens is 336 g/mol. The van der Waals surface area contributed by atoms with E-state index in [0.717, 1.165) is 0 Å². The fourth-order valence-electron chi connectivity index (χ4n) is 2.01. The minimum absolute atomic E-state index is 0.134. The molecule has 0 aliphatic carbocycles. The molecule has 8 nitrogen and oxygen atoms in total. The first-order chi connectivity index (χ1) is 11.3. The largest absolute Gasteiger partial charge is 0.496 e. The molecule has 0 aliphatic rings. The molecule has 0 bridgehead atoms. The fourth-order valence-corrected chi connectivity index (χ4v) is 2.18. The Labute approximate surface area is 142 Å². The SMILES string of the molecule is COc1ccc(Cl)cc1-c1cc(NC(C)=O)c(C(=O)N=C(N)N)o1. The summed E-state index contributed by atoms with van der Waals surface area (Å²) < 4.78 is 10.8. The minimum Gasteiger partial charge on any atom is -0.496 e. The quantitative estimate of drug-likeness (QED) is 0.570. The number of hydrogen-bond donors (Lipinski definition) is 3. The molecule has 0 unspecified atom stereocenters. The van der Waals surface area contributed by atoms with E-state index in [2.05, 4.69) is 10.3 Å². The number of guanidine groups is 1. The molecule has 2 amide bonds. The Morgan fingerprint density at radius 1 is 1.29 bits per heavy atom. The second kappa shape index (κ2) is 7.05. The van der Waals surface area contributed by atoms with Gasteiger partial charge < -0.3 is 25.9 Å². The Kier molecular flexibility index (Phi) is 5.10. The standard InChI is InChI=1S/C15H15ClN4O4/c1-7(21)19-10-6-12(24-13(10)14(22)20-15(17)18)9-5-8(16)3-4-11(9)23-2/h3-6H,1-2H3,(H,19,21)(H4,17,18,20,22). The molecule has 2 aromatic rings. The van der Waals surface area contributed by atoms with Crippen LogP contribution in [0.3, 0.4) is 0 Å². The van der Waals surface area contributed by atoms with E-state index in [-0.39, 0.29) is 23.1 Å². The first-order valence-electron chi connectivity index (χ1n) is 6.71. The number of carbonyl (C=O) groups excluding carboxylic acids is 2. The number of ether oxygens (including phenoxy) is 1. The maximum Gasteiger partial charge on any atom is 0.318 e. The number of hydrogen-bond acceptors (Lipinski definition) is 4. The number of aliphatic imine (C=N–C) groups is 1. The zero-order chi connectivity index (χ0) is 17.9. The van der Waals surface area contributed by atoms with E-state index in [1.165, 1.54) is 20.1 Å². The number of anilines is 1. The first kappa shape index (κ1) is 17.4. The van der Waals surface area contributed by atoms with Crippen molar-refractivity contribution < 1.29 is 18.7 Å². The smallest absolute Gasteiger partial charge is 0.318 e. The number of amides is 2. The predicted octanol–water partition coefficient (Wildman–Crippen LogP) is 1.98. The van der Waals surface area contributed by atoms with Gasteiger partial charge in [0.1, 0.15) is 11.5 Å². The Morgan fingerprint density at radius 2 is 2.00 bits per heavy atom. The van der Waals surface area contributed by atoms with Crippen molar-refractivity contribution >= 4 is 35.1 Å². The van der Waals surface area contributed by atoms with Gasteiger partial charge in [0.15, 0.2) is 5.96 Å². The van der Waals surface area contributed by atoms with Gasteiger partial charge in [0.05, 0.1) is 18.4 Å². The molecule has 1 aromatic heterocycles. The molecule has 0 radical (unpaired) electrons. The third kappa shape index (κ3) is 3.85. The van der Waals surface area contributed by atoms with Gasteiger partial charge in [-0.25, -0.2) is 0 Å². The average molecular weight is 351 g/mol. The lowest BCUT2D eigenvalue weighted by atomic mass is 10.1. The minimum atomic E-state index is -0.828. The van der Waals surface area contributed by atoms with Gasteiger partial charge in [-0.3, -0.25) is 9.59 Å². The molecule has 0 saturated heterocycles. The first-order valence-corrected chi connectivity index (χ1v) is 7.09. The van der Waals surface area contributed by atoms with Gasteiger partial charge in [0.2, 0.25) is 11.7 Å². The monoisotopic (exact) mass is 350 g/mol. The highest BCUT2D eigenvalue weighted by molar-refractivity contribution is 6.31. The van der Waals surface area contributed by atoms with E-state index in [9.17, 15) is 9.59 Å². The van der Waals surface area contributed by atoms with Crippen LogP contribution in [0.5, 0.6) is 5.75 Å². The van der Waals surface area contributed by atoms with Gasteiger partial charge in [0.25, 0.3) is 0 Å². The summed E-state index contributed by atoms with van der Waals surface area (Å²) in [6, 6.07) is 6.36. The highest BCUT2D eigenvalue weighted by Gasteiger charge is 2.22. The Morgan fingerprint density at radius 3 is 2.58 bits per heavy atom. The van der Waals surface area contributed by atoms with Crippen LogP contribution in [0.25, 0.3) is 11.3 Å². The van der Waals surface area contributed by atoms with E-state index in [0.29, 0.717) is 16.3 Å². The number of carbonyl (C=O) groups is 2. The van der Waals surface area contributed by atoms with Gasteiger partial charge in [-0.1, -0.05) is 11.6 Å². The zero-order valence-electron chi connectivity index (χ0n) is 12.9. The molecule has 5 N–H and O–H groups in total. The van der Waals surface area contributed by atoms with Gasteiger partial charge in [0, 0.05) is 18.0 Å². The topological polar surface area (TPSA) is 133 Å². The Balaban J connectivity index is 2.59. The van der Waals surface area contributed by atoms with Crippen LogP contribution in [0.1, 0.15) is 17.5 Å². The van der Waals surface area contributed by atoms with Crippen LogP contribution < -0.4 is 21.5 Å². The maximum atomic E-state index is 12.1. The molecule has 1 heterocycles. The van der Waals surface area contributed by atoms with Crippen LogP contribution in [0.4, 0.5) is 5.69 Å². The molecule has 0 saturated carbocycles. The number of nitrogens with one attached hydrogen (secondary N) is 1. The lowest BCUT2D eigenvalue weighted by molar-refractivity contribution is -0.114. The van der Waals surface area contributed by atoms with E-state index in [4.69, 9.17) is 32.2 Å². The molecule has 24 heavy (non-hydrogen) atoms. The number of halogens is 1. The van der Waals surface area contributed by atoms with Gasteiger partial charge >= 0.3 is 5.91 Å². The molecular formula is C15H15ClN4O4. The van der Waals surface area contributed by atoms with Crippen molar-refractivity contribution in [1.82, 2.24) is 0 Å². The lowest BCUT2D eigenvalue weighted by Crippen LogP contribution is -2.24. The molecule has 9 heteroatoms. The number of furan rings is 1. The molecule has 126 valence electrons. The number of methoxy groups -OCH3 is 1. The number of nitrogens with two attached hydrogens (primary N) is 2. The normalized spacial score (nSPS) is 10.1. The van der Waals surface area contributed by atoms with Crippen molar-refractivity contribution in [2.45, 2.75) is 6.92 Å². The third-order valence-electron chi connectivity index (χ3n) is 2.89. The molecule has 0 spiro atoms. The van der Waals surface area contributed by atoms with Crippen molar-refractivity contribution in [2.75, 3.05) is 12.4 Å². The second-order valence-electron chi connectivity index (χ2n) is 4.72. The van der Waals surface area contributed by atoms with E-state index in [1.54, 1.807) is 18.2 Å². The summed E-state index contributed by atoms with van der Waals surface area (Å²) >= 11 is 6.00. The summed E-state index contributed by atoms with van der Waals surface area (Å²) in [5.41, 5.74) is 11.0. The van der Waals surface area contributed by atoms with Crippen LogP contribution >= 0.6 is 11.6 Å². The van der Waals surface area contributed by atoms with E-state index in [1.807, 2.05) is 0 Å². The van der Waals surface area contributed by atoms with Crippen LogP contribution in [0.15, 0.2) is 33.7 Å². The van der Waals surface area contributed by atoms with Gasteiger partial charge in [-0.05, 0) is 18.2 Å². The van der Waals surface area contributed by atoms with Crippen LogP contribution in [0.2, 0.25) is 5.02 Å². The molecule has 0 aliphatic heterocycles. The molecule has 0 atom stereocenters. The summed E-state index contributed by atoms with van der Waals surface area (Å²) in [4.78, 5) is 26.8. The van der Waals surface area contributed by atoms with Crippen LogP contribution in [-0.4, -0.2) is 24.9 Å². The van der Waals surface area contributed by atoms with E-state index < -0.39 is 11.9 Å². The van der Waals surface area contributed by atoms with Crippen molar-refractivity contribution in [3.8, 4) is 17.1 Å². The number of rotatable bonds is 4. The summed E-state index contributed by atoms with van der Waals surface area (Å²) in [5.74, 6) is -1.12. The average Bonchev–Trinajstić information content (AvgIpc) is 2.89. The Bertz CT molecular complexity index is 825. The number of nitrogens with zero attached hydrogens (tertiary/aromatic N) is 1. The van der Waals surface area contributed by atoms with Crippen molar-refractivity contribution in [2.24, 2.45) is 16.5 Å². The summed E-state index contributed by atoms with van der Waals surface area (Å²) in [6.07, 6.45) is 0. The summed E-state index contributed by atoms with van der Waals surface area (Å²) in [5, 5.41) is 2.94. The maximum absolute atomic E-state index is 12.1. The Hall–Kier alpha value is -3.00. The fraction of sp³-hybridized carbons (Fsp3) is 0.133. The molecule has 2 rings (SSSR count). The van der Waals surface area contributed by atoms with Crippen LogP contribution in [0, 0.1) is 0 Å². The highest BCUT2D eigenvalue weighted by Crippen LogP contribution is 2.36. The van der Waals surface area contributed by atoms with Crippen molar-refractivity contribution in [3.05, 3.63) is 35.0 Å². The van der Waals surface area contributed by atoms with E-state index >= 15 is 0 Å². The third-order valence-corrected chi connectivity index (χ3v) is 3.13. The van der Waals surface area contributed by atoms with Gasteiger partial charge in [-0.15, -0.1) is 0 Å². The predicted molar refractivity (Wildman–Crippen MR) is 90.2 cm³/mol. The van der Waals surface area contributed by atoms with Gasteiger partial charge in [-0.2, -0.15) is 4.99 Å². The van der Waals surface area contributed by atoms with Crippen molar-refractivity contribution in [3.63, 3.8) is 0 Å². The zero-order valence-corrected chi connectivity index (χ0v) is 13.7. The molecule has 0 fully saturated rings. The molecule has 1 aromatic carbocycles. The summed E-state index contributed by atoms with van der Waals surface area (Å²) in [7, 11) is 1.48.